The van der Waals surface area contributed by atoms with E-state index in [1.165, 1.54) is 76.5 Å². The predicted octanol–water partition coefficient (Wildman–Crippen LogP) is 3.91. The van der Waals surface area contributed by atoms with Gasteiger partial charge in [0, 0.05) is 12.0 Å². The quantitative estimate of drug-likeness (QED) is 0.800. The third-order valence-electron chi connectivity index (χ3n) is 6.31. The highest BCUT2D eigenvalue weighted by Crippen LogP contribution is 2.41. The number of aliphatic imine (C=N–C) groups is 1. The van der Waals surface area contributed by atoms with Crippen LogP contribution in [0, 0.1) is 17.8 Å². The summed E-state index contributed by atoms with van der Waals surface area (Å²) < 4.78 is 0. The van der Waals surface area contributed by atoms with Crippen molar-refractivity contribution in [1.29, 1.82) is 0 Å². The first kappa shape index (κ1) is 12.2. The molecule has 2 nitrogen and oxygen atoms in total. The first-order valence-electron chi connectivity index (χ1n) is 8.74. The zero-order valence-electron chi connectivity index (χ0n) is 12.1. The maximum absolute atomic E-state index is 4.98. The molecule has 0 saturated heterocycles. The molecule has 2 heteroatoms. The molecule has 0 unspecified atom stereocenters. The van der Waals surface area contributed by atoms with E-state index in [1.807, 2.05) is 0 Å². The van der Waals surface area contributed by atoms with E-state index < -0.39 is 0 Å². The first-order chi connectivity index (χ1) is 9.40. The standard InChI is InChI=1S/C17H28N2/c1-2-5-12(4-1)15-6-3-7-16(15)19-17-13-8-10-14(18-17)11-9-13/h12-16H,1-11H2,(H,18,19)/t13?,14?,15-,16-/m0/s1. The number of hydrogen-bond acceptors (Lipinski definition) is 2. The molecule has 3 aliphatic carbocycles. The average Bonchev–Trinajstić information content (AvgIpc) is 3.10. The van der Waals surface area contributed by atoms with Crippen LogP contribution in [-0.2, 0) is 0 Å². The summed E-state index contributed by atoms with van der Waals surface area (Å²) in [4.78, 5) is 4.98. The number of amidine groups is 1. The molecule has 0 spiro atoms. The second kappa shape index (κ2) is 5.10. The molecule has 1 N–H and O–H groups in total. The Kier molecular flexibility index (Phi) is 3.29. The Morgan fingerprint density at radius 2 is 1.58 bits per heavy atom. The van der Waals surface area contributed by atoms with E-state index in [1.54, 1.807) is 0 Å². The lowest BCUT2D eigenvalue weighted by molar-refractivity contribution is 0.290. The molecule has 0 amide bonds. The highest BCUT2D eigenvalue weighted by molar-refractivity contribution is 5.86. The van der Waals surface area contributed by atoms with Gasteiger partial charge in [0.1, 0.15) is 0 Å². The highest BCUT2D eigenvalue weighted by atomic mass is 15.1. The Hall–Kier alpha value is -0.530. The normalized spacial score (nSPS) is 42.6. The molecule has 5 aliphatic rings. The van der Waals surface area contributed by atoms with Crippen molar-refractivity contribution < 1.29 is 0 Å². The van der Waals surface area contributed by atoms with Crippen molar-refractivity contribution in [2.45, 2.75) is 82.7 Å². The van der Waals surface area contributed by atoms with Gasteiger partial charge in [-0.2, -0.15) is 0 Å². The molecule has 5 rings (SSSR count). The van der Waals surface area contributed by atoms with Gasteiger partial charge in [0.2, 0.25) is 0 Å². The van der Waals surface area contributed by atoms with E-state index in [0.29, 0.717) is 6.04 Å². The summed E-state index contributed by atoms with van der Waals surface area (Å²) >= 11 is 0. The minimum absolute atomic E-state index is 0.666. The van der Waals surface area contributed by atoms with Gasteiger partial charge in [-0.1, -0.05) is 32.1 Å². The molecule has 19 heavy (non-hydrogen) atoms. The third-order valence-corrected chi connectivity index (χ3v) is 6.31. The fourth-order valence-electron chi connectivity index (χ4n) is 5.24. The van der Waals surface area contributed by atoms with Gasteiger partial charge in [-0.15, -0.1) is 0 Å². The topological polar surface area (TPSA) is 24.4 Å². The predicted molar refractivity (Wildman–Crippen MR) is 79.4 cm³/mol. The molecule has 106 valence electrons. The van der Waals surface area contributed by atoms with Crippen molar-refractivity contribution in [2.75, 3.05) is 0 Å². The van der Waals surface area contributed by atoms with Gasteiger partial charge in [0.15, 0.2) is 0 Å². The summed E-state index contributed by atoms with van der Waals surface area (Å²) in [6.45, 7) is 0. The van der Waals surface area contributed by atoms with Gasteiger partial charge < -0.3 is 5.32 Å². The van der Waals surface area contributed by atoms with Crippen LogP contribution in [0.1, 0.15) is 70.6 Å². The zero-order chi connectivity index (χ0) is 12.7. The van der Waals surface area contributed by atoms with Gasteiger partial charge in [-0.3, -0.25) is 4.99 Å². The van der Waals surface area contributed by atoms with E-state index in [4.69, 9.17) is 4.99 Å². The van der Waals surface area contributed by atoms with Crippen LogP contribution in [0.2, 0.25) is 0 Å². The van der Waals surface area contributed by atoms with Crippen LogP contribution in [0.15, 0.2) is 4.99 Å². The summed E-state index contributed by atoms with van der Waals surface area (Å²) in [7, 11) is 0. The van der Waals surface area contributed by atoms with E-state index in [0.717, 1.165) is 23.8 Å². The third kappa shape index (κ3) is 2.32. The fourth-order valence-corrected chi connectivity index (χ4v) is 5.24. The Morgan fingerprint density at radius 3 is 2.26 bits per heavy atom. The molecule has 2 bridgehead atoms. The molecule has 3 fully saturated rings. The molecule has 3 saturated carbocycles. The van der Waals surface area contributed by atoms with Crippen LogP contribution in [0.25, 0.3) is 0 Å². The van der Waals surface area contributed by atoms with Crippen molar-refractivity contribution in [1.82, 2.24) is 5.32 Å². The monoisotopic (exact) mass is 260 g/mol. The maximum Gasteiger partial charge on any atom is 0.1000 e. The lowest BCUT2D eigenvalue weighted by Gasteiger charge is -2.37. The van der Waals surface area contributed by atoms with Gasteiger partial charge >= 0.3 is 0 Å². The van der Waals surface area contributed by atoms with Gasteiger partial charge in [-0.05, 0) is 50.4 Å². The molecule has 0 aromatic carbocycles. The minimum Gasteiger partial charge on any atom is -0.371 e. The molecule has 2 heterocycles. The van der Waals surface area contributed by atoms with Crippen LogP contribution in [0.3, 0.4) is 0 Å². The molecule has 0 radical (unpaired) electrons. The fraction of sp³-hybridized carbons (Fsp3) is 0.941. The SMILES string of the molecule is C1CCC([C@@H]2CCC[C@@H]2NC2=NC3CCC2CC3)C1. The van der Waals surface area contributed by atoms with Crippen molar-refractivity contribution in [3.63, 3.8) is 0 Å². The van der Waals surface area contributed by atoms with E-state index >= 15 is 0 Å². The van der Waals surface area contributed by atoms with Crippen LogP contribution >= 0.6 is 0 Å². The summed E-state index contributed by atoms with van der Waals surface area (Å²) in [5.41, 5.74) is 0. The van der Waals surface area contributed by atoms with Crippen LogP contribution < -0.4 is 5.32 Å². The minimum atomic E-state index is 0.666. The summed E-state index contributed by atoms with van der Waals surface area (Å²) in [6, 6.07) is 1.43. The van der Waals surface area contributed by atoms with Crippen molar-refractivity contribution in [3.8, 4) is 0 Å². The molecular formula is C17H28N2. The Labute approximate surface area is 117 Å². The van der Waals surface area contributed by atoms with Crippen molar-refractivity contribution in [3.05, 3.63) is 0 Å². The lowest BCUT2D eigenvalue weighted by atomic mass is 9.81. The molecule has 0 aromatic rings. The maximum atomic E-state index is 4.98. The molecule has 2 atom stereocenters. The van der Waals surface area contributed by atoms with Crippen LogP contribution in [0.4, 0.5) is 0 Å². The highest BCUT2D eigenvalue weighted by Gasteiger charge is 2.38. The van der Waals surface area contributed by atoms with Crippen molar-refractivity contribution in [2.24, 2.45) is 22.7 Å². The molecular weight excluding hydrogens is 232 g/mol. The second-order valence-corrected chi connectivity index (χ2v) is 7.41. The smallest absolute Gasteiger partial charge is 0.1000 e. The van der Waals surface area contributed by atoms with Crippen LogP contribution in [0.5, 0.6) is 0 Å². The van der Waals surface area contributed by atoms with Crippen LogP contribution in [-0.4, -0.2) is 17.9 Å². The molecule has 2 aliphatic heterocycles. The zero-order valence-corrected chi connectivity index (χ0v) is 12.1. The summed E-state index contributed by atoms with van der Waals surface area (Å²) in [6.07, 6.45) is 15.8. The lowest BCUT2D eigenvalue weighted by Crippen LogP contribution is -2.46. The Bertz CT molecular complexity index is 348. The van der Waals surface area contributed by atoms with E-state index in [-0.39, 0.29) is 0 Å². The second-order valence-electron chi connectivity index (χ2n) is 7.41. The summed E-state index contributed by atoms with van der Waals surface area (Å²) in [5, 5.41) is 3.93. The van der Waals surface area contributed by atoms with E-state index in [2.05, 4.69) is 5.32 Å². The van der Waals surface area contributed by atoms with Gasteiger partial charge in [-0.25, -0.2) is 0 Å². The number of hydrogen-bond donors (Lipinski definition) is 1. The largest absolute Gasteiger partial charge is 0.371 e. The Morgan fingerprint density at radius 1 is 0.789 bits per heavy atom. The number of nitrogens with zero attached hydrogens (tertiary/aromatic N) is 1. The first-order valence-corrected chi connectivity index (χ1v) is 8.74. The number of rotatable bonds is 2. The van der Waals surface area contributed by atoms with Gasteiger partial charge in [0.05, 0.1) is 11.9 Å². The molecule has 0 aromatic heterocycles. The summed E-state index contributed by atoms with van der Waals surface area (Å²) in [5.74, 6) is 4.19. The van der Waals surface area contributed by atoms with Gasteiger partial charge in [0.25, 0.3) is 0 Å². The number of fused-ring (bicyclic) bond motifs is 2. The number of nitrogens with one attached hydrogen (secondary N) is 1. The van der Waals surface area contributed by atoms with E-state index in [9.17, 15) is 0 Å². The Balaban J connectivity index is 1.44. The average molecular weight is 260 g/mol. The van der Waals surface area contributed by atoms with Crippen molar-refractivity contribution >= 4 is 5.84 Å².